The van der Waals surface area contributed by atoms with Crippen molar-refractivity contribution in [3.8, 4) is 0 Å². The van der Waals surface area contributed by atoms with Gasteiger partial charge < -0.3 is 20.6 Å². The van der Waals surface area contributed by atoms with Crippen LogP contribution in [-0.4, -0.2) is 89.3 Å². The molecule has 4 aliphatic rings. The van der Waals surface area contributed by atoms with Crippen LogP contribution in [0, 0.1) is 11.8 Å². The highest BCUT2D eigenvalue weighted by Crippen LogP contribution is 2.38. The summed E-state index contributed by atoms with van der Waals surface area (Å²) in [5.74, 6) is 0.421. The minimum Gasteiger partial charge on any atom is -0.394 e. The lowest BCUT2D eigenvalue weighted by Crippen LogP contribution is -2.59. The van der Waals surface area contributed by atoms with Crippen molar-refractivity contribution in [1.82, 2.24) is 20.4 Å². The summed E-state index contributed by atoms with van der Waals surface area (Å²) in [6.45, 7) is 5.84. The standard InChI is InChI=1S/C23H39FN4O3/c1-14-6-7-20(24)19-11-21(26-22(14)19)23(31)25-16-4-3-5-17(10-16)27-8-9-28(15(2)30)18(12-27)13-29/h14,16-22,26,29H,3-13H2,1-2H3,(H,25,31)/t14?,16-,17+,18+,19?,20?,21?,22?/m1/s1. The lowest BCUT2D eigenvalue weighted by molar-refractivity contribution is -0.136. The predicted octanol–water partition coefficient (Wildman–Crippen LogP) is 1.05. The summed E-state index contributed by atoms with van der Waals surface area (Å²) in [4.78, 5) is 28.9. The average molecular weight is 439 g/mol. The predicted molar refractivity (Wildman–Crippen MR) is 116 cm³/mol. The fourth-order valence-corrected chi connectivity index (χ4v) is 6.51. The molecule has 2 aliphatic heterocycles. The van der Waals surface area contributed by atoms with Crippen molar-refractivity contribution in [3.63, 3.8) is 0 Å². The van der Waals surface area contributed by atoms with Crippen molar-refractivity contribution in [2.24, 2.45) is 11.8 Å². The van der Waals surface area contributed by atoms with E-state index < -0.39 is 6.17 Å². The summed E-state index contributed by atoms with van der Waals surface area (Å²) in [6.07, 6.45) is 5.32. The molecule has 0 aromatic carbocycles. The molecule has 0 aromatic heterocycles. The molecule has 4 rings (SSSR count). The van der Waals surface area contributed by atoms with Gasteiger partial charge in [0.25, 0.3) is 0 Å². The molecule has 2 saturated heterocycles. The maximum atomic E-state index is 14.4. The highest BCUT2D eigenvalue weighted by molar-refractivity contribution is 5.82. The zero-order valence-electron chi connectivity index (χ0n) is 18.9. The third kappa shape index (κ3) is 4.91. The van der Waals surface area contributed by atoms with Crippen LogP contribution in [0.5, 0.6) is 0 Å². The van der Waals surface area contributed by atoms with Crippen LogP contribution < -0.4 is 10.6 Å². The number of piperazine rings is 1. The number of alkyl halides is 1. The van der Waals surface area contributed by atoms with Gasteiger partial charge in [-0.25, -0.2) is 4.39 Å². The number of carbonyl (C=O) groups is 2. The third-order valence-corrected chi connectivity index (χ3v) is 8.29. The van der Waals surface area contributed by atoms with Crippen molar-refractivity contribution in [2.75, 3.05) is 26.2 Å². The summed E-state index contributed by atoms with van der Waals surface area (Å²) in [7, 11) is 0. The Hall–Kier alpha value is -1.25. The van der Waals surface area contributed by atoms with E-state index in [1.54, 1.807) is 11.8 Å². The van der Waals surface area contributed by atoms with Crippen molar-refractivity contribution >= 4 is 11.8 Å². The fraction of sp³-hybridized carbons (Fsp3) is 0.913. The number of nitrogens with zero attached hydrogens (tertiary/aromatic N) is 2. The minimum absolute atomic E-state index is 0.0157. The van der Waals surface area contributed by atoms with E-state index in [-0.39, 0.29) is 48.5 Å². The molecule has 8 atom stereocenters. The first-order chi connectivity index (χ1) is 14.9. The molecule has 0 radical (unpaired) electrons. The second-order valence-electron chi connectivity index (χ2n) is 10.3. The Morgan fingerprint density at radius 2 is 1.97 bits per heavy atom. The van der Waals surface area contributed by atoms with Crippen LogP contribution in [0.15, 0.2) is 0 Å². The molecule has 0 spiro atoms. The van der Waals surface area contributed by atoms with Crippen LogP contribution in [0.3, 0.4) is 0 Å². The van der Waals surface area contributed by atoms with E-state index >= 15 is 0 Å². The molecule has 0 aromatic rings. The van der Waals surface area contributed by atoms with Gasteiger partial charge in [0, 0.05) is 50.6 Å². The maximum absolute atomic E-state index is 14.4. The van der Waals surface area contributed by atoms with Gasteiger partial charge in [0.05, 0.1) is 18.7 Å². The fourth-order valence-electron chi connectivity index (χ4n) is 6.51. The first-order valence-corrected chi connectivity index (χ1v) is 12.2. The molecule has 2 amide bonds. The molecule has 7 nitrogen and oxygen atoms in total. The monoisotopic (exact) mass is 438 g/mol. The van der Waals surface area contributed by atoms with Gasteiger partial charge in [-0.1, -0.05) is 6.92 Å². The number of nitrogens with one attached hydrogen (secondary N) is 2. The summed E-state index contributed by atoms with van der Waals surface area (Å²) >= 11 is 0. The molecule has 8 heteroatoms. The van der Waals surface area contributed by atoms with Crippen LogP contribution in [0.2, 0.25) is 0 Å². The van der Waals surface area contributed by atoms with Gasteiger partial charge in [0.1, 0.15) is 6.17 Å². The van der Waals surface area contributed by atoms with Gasteiger partial charge in [-0.05, 0) is 50.9 Å². The molecule has 2 saturated carbocycles. The second-order valence-corrected chi connectivity index (χ2v) is 10.3. The van der Waals surface area contributed by atoms with Crippen molar-refractivity contribution in [2.45, 2.75) is 95.2 Å². The van der Waals surface area contributed by atoms with Gasteiger partial charge in [0.15, 0.2) is 0 Å². The lowest BCUT2D eigenvalue weighted by Gasteiger charge is -2.45. The highest BCUT2D eigenvalue weighted by Gasteiger charge is 2.46. The maximum Gasteiger partial charge on any atom is 0.237 e. The largest absolute Gasteiger partial charge is 0.394 e. The van der Waals surface area contributed by atoms with E-state index in [1.807, 2.05) is 0 Å². The Kier molecular flexibility index (Phi) is 7.18. The highest BCUT2D eigenvalue weighted by atomic mass is 19.1. The number of hydrogen-bond acceptors (Lipinski definition) is 5. The third-order valence-electron chi connectivity index (χ3n) is 8.29. The lowest BCUT2D eigenvalue weighted by atomic mass is 9.77. The summed E-state index contributed by atoms with van der Waals surface area (Å²) in [5, 5.41) is 16.4. The molecule has 5 unspecified atom stereocenters. The molecule has 2 aliphatic carbocycles. The Morgan fingerprint density at radius 1 is 1.16 bits per heavy atom. The number of aliphatic hydroxyl groups excluding tert-OH is 1. The Morgan fingerprint density at radius 3 is 2.68 bits per heavy atom. The number of amides is 2. The topological polar surface area (TPSA) is 84.9 Å². The zero-order valence-corrected chi connectivity index (χ0v) is 18.9. The second kappa shape index (κ2) is 9.71. The number of aliphatic hydroxyl groups is 1. The van der Waals surface area contributed by atoms with Crippen LogP contribution in [0.1, 0.15) is 58.8 Å². The van der Waals surface area contributed by atoms with Gasteiger partial charge in [-0.2, -0.15) is 0 Å². The van der Waals surface area contributed by atoms with Crippen molar-refractivity contribution < 1.29 is 19.1 Å². The quantitative estimate of drug-likeness (QED) is 0.611. The number of halogens is 1. The smallest absolute Gasteiger partial charge is 0.237 e. The normalized spacial score (nSPS) is 41.6. The van der Waals surface area contributed by atoms with Crippen LogP contribution in [0.4, 0.5) is 4.39 Å². The molecule has 176 valence electrons. The molecule has 0 bridgehead atoms. The van der Waals surface area contributed by atoms with E-state index in [0.29, 0.717) is 37.9 Å². The number of rotatable bonds is 4. The molecule has 31 heavy (non-hydrogen) atoms. The van der Waals surface area contributed by atoms with Gasteiger partial charge >= 0.3 is 0 Å². The number of fused-ring (bicyclic) bond motifs is 1. The summed E-state index contributed by atoms with van der Waals surface area (Å²) in [6, 6.07) is 0.172. The minimum atomic E-state index is -0.793. The van der Waals surface area contributed by atoms with Crippen LogP contribution in [-0.2, 0) is 9.59 Å². The molecule has 4 fully saturated rings. The van der Waals surface area contributed by atoms with Crippen LogP contribution >= 0.6 is 0 Å². The van der Waals surface area contributed by atoms with E-state index in [0.717, 1.165) is 38.6 Å². The first-order valence-electron chi connectivity index (χ1n) is 12.2. The van der Waals surface area contributed by atoms with Gasteiger partial charge in [0.2, 0.25) is 11.8 Å². The first kappa shape index (κ1) is 22.9. The van der Waals surface area contributed by atoms with Crippen molar-refractivity contribution in [1.29, 1.82) is 0 Å². The summed E-state index contributed by atoms with van der Waals surface area (Å²) in [5.41, 5.74) is 0. The van der Waals surface area contributed by atoms with Gasteiger partial charge in [-0.3, -0.25) is 14.5 Å². The van der Waals surface area contributed by atoms with Crippen molar-refractivity contribution in [3.05, 3.63) is 0 Å². The average Bonchev–Trinajstić information content (AvgIpc) is 3.23. The van der Waals surface area contributed by atoms with E-state index in [1.165, 1.54) is 0 Å². The van der Waals surface area contributed by atoms with Gasteiger partial charge in [-0.15, -0.1) is 0 Å². The number of carbonyl (C=O) groups excluding carboxylic acids is 2. The molecule has 2 heterocycles. The summed E-state index contributed by atoms with van der Waals surface area (Å²) < 4.78 is 14.4. The Labute approximate surface area is 185 Å². The molecular weight excluding hydrogens is 399 g/mol. The van der Waals surface area contributed by atoms with E-state index in [9.17, 15) is 19.1 Å². The van der Waals surface area contributed by atoms with Crippen LogP contribution in [0.25, 0.3) is 0 Å². The van der Waals surface area contributed by atoms with E-state index in [2.05, 4.69) is 22.5 Å². The zero-order chi connectivity index (χ0) is 22.1. The van der Waals surface area contributed by atoms with E-state index in [4.69, 9.17) is 0 Å². The molecule has 3 N–H and O–H groups in total. The Bertz CT molecular complexity index is 647. The Balaban J connectivity index is 1.30. The number of hydrogen-bond donors (Lipinski definition) is 3. The molecular formula is C23H39FN4O3. The SMILES string of the molecule is CC(=O)N1CCN([C@H]2CCC[C@@H](NC(=O)C3CC4C(F)CCC(C)C4N3)C2)C[C@H]1CO.